The Morgan fingerprint density at radius 3 is 2.58 bits per heavy atom. The van der Waals surface area contributed by atoms with Gasteiger partial charge in [0.25, 0.3) is 0 Å². The number of carbonyl (C=O) groups excluding carboxylic acids is 1. The van der Waals surface area contributed by atoms with Crippen molar-refractivity contribution in [2.24, 2.45) is 4.99 Å². The molecule has 2 rings (SSSR count). The van der Waals surface area contributed by atoms with Crippen molar-refractivity contribution in [2.75, 3.05) is 32.8 Å². The molecule has 0 unspecified atom stereocenters. The molecule has 0 amide bonds. The van der Waals surface area contributed by atoms with Gasteiger partial charge < -0.3 is 14.8 Å². The number of nitrogens with zero attached hydrogens (tertiary/aromatic N) is 1. The fourth-order valence-electron chi connectivity index (χ4n) is 3.24. The molecule has 0 spiro atoms. The standard InChI is InChI=1S/C24H31N3O4/c1-6-31-24(28)15-26-17(3)21(16(2)25-4)12-18-10-11-23(30-5)22(13-18)19-8-7-9-20(14-19)27-29/h7-11,13-14,26-27,29H,6,12,15H2,1-5H3/b21-17-,25-16-. The third-order valence-electron chi connectivity index (χ3n) is 4.98. The minimum absolute atomic E-state index is 0.106. The summed E-state index contributed by atoms with van der Waals surface area (Å²) in [5.74, 6) is 0.443. The lowest BCUT2D eigenvalue weighted by atomic mass is 9.95. The molecule has 0 saturated carbocycles. The van der Waals surface area contributed by atoms with Crippen LogP contribution in [0.2, 0.25) is 0 Å². The lowest BCUT2D eigenvalue weighted by molar-refractivity contribution is -0.141. The Hall–Kier alpha value is -3.32. The summed E-state index contributed by atoms with van der Waals surface area (Å²) in [6.07, 6.45) is 0.625. The van der Waals surface area contributed by atoms with E-state index < -0.39 is 0 Å². The lowest BCUT2D eigenvalue weighted by Crippen LogP contribution is -2.25. The zero-order valence-electron chi connectivity index (χ0n) is 18.8. The van der Waals surface area contributed by atoms with Crippen molar-refractivity contribution >= 4 is 17.4 Å². The van der Waals surface area contributed by atoms with Crippen molar-refractivity contribution in [3.05, 3.63) is 59.3 Å². The number of benzene rings is 2. The van der Waals surface area contributed by atoms with E-state index in [1.807, 2.05) is 44.2 Å². The molecule has 7 nitrogen and oxygen atoms in total. The Kier molecular flexibility index (Phi) is 9.09. The number of aliphatic imine (C=N–C) groups is 1. The molecule has 7 heteroatoms. The number of rotatable bonds is 10. The van der Waals surface area contributed by atoms with Crippen LogP contribution in [0.1, 0.15) is 26.3 Å². The topological polar surface area (TPSA) is 92.2 Å². The molecule has 2 aromatic carbocycles. The van der Waals surface area contributed by atoms with Gasteiger partial charge >= 0.3 is 5.97 Å². The smallest absolute Gasteiger partial charge is 0.325 e. The predicted octanol–water partition coefficient (Wildman–Crippen LogP) is 4.22. The van der Waals surface area contributed by atoms with Gasteiger partial charge in [-0.3, -0.25) is 20.5 Å². The van der Waals surface area contributed by atoms with Crippen molar-refractivity contribution in [3.63, 3.8) is 0 Å². The summed E-state index contributed by atoms with van der Waals surface area (Å²) in [7, 11) is 3.39. The average Bonchev–Trinajstić information content (AvgIpc) is 2.80. The monoisotopic (exact) mass is 425 g/mol. The van der Waals surface area contributed by atoms with E-state index in [0.717, 1.165) is 39.4 Å². The van der Waals surface area contributed by atoms with Crippen molar-refractivity contribution in [1.82, 2.24) is 5.32 Å². The Bertz CT molecular complexity index is 967. The van der Waals surface area contributed by atoms with Crippen LogP contribution in [0.25, 0.3) is 11.1 Å². The van der Waals surface area contributed by atoms with Gasteiger partial charge in [-0.05, 0) is 61.7 Å². The van der Waals surface area contributed by atoms with Crippen LogP contribution in [0.5, 0.6) is 5.75 Å². The van der Waals surface area contributed by atoms with Gasteiger partial charge in [-0.2, -0.15) is 0 Å². The maximum absolute atomic E-state index is 11.7. The number of hydrogen-bond acceptors (Lipinski definition) is 7. The molecule has 0 bridgehead atoms. The second kappa shape index (κ2) is 11.8. The van der Waals surface area contributed by atoms with E-state index in [2.05, 4.69) is 21.9 Å². The van der Waals surface area contributed by atoms with E-state index in [9.17, 15) is 10.0 Å². The molecule has 0 radical (unpaired) electrons. The first-order chi connectivity index (χ1) is 14.9. The number of ether oxygens (including phenoxy) is 2. The van der Waals surface area contributed by atoms with Gasteiger partial charge in [0.15, 0.2) is 0 Å². The summed E-state index contributed by atoms with van der Waals surface area (Å²) in [6.45, 7) is 6.13. The molecular formula is C24H31N3O4. The van der Waals surface area contributed by atoms with E-state index in [0.29, 0.717) is 18.7 Å². The van der Waals surface area contributed by atoms with E-state index in [1.165, 1.54) is 0 Å². The molecule has 31 heavy (non-hydrogen) atoms. The first-order valence-electron chi connectivity index (χ1n) is 10.1. The van der Waals surface area contributed by atoms with Crippen LogP contribution in [0.4, 0.5) is 5.69 Å². The van der Waals surface area contributed by atoms with Crippen LogP contribution < -0.4 is 15.5 Å². The molecule has 0 saturated heterocycles. The van der Waals surface area contributed by atoms with E-state index in [4.69, 9.17) is 9.47 Å². The number of anilines is 1. The van der Waals surface area contributed by atoms with E-state index in [1.54, 1.807) is 27.1 Å². The van der Waals surface area contributed by atoms with Crippen molar-refractivity contribution in [2.45, 2.75) is 27.2 Å². The van der Waals surface area contributed by atoms with Crippen LogP contribution in [0.15, 0.2) is 58.7 Å². The summed E-state index contributed by atoms with van der Waals surface area (Å²) < 4.78 is 10.5. The van der Waals surface area contributed by atoms with Gasteiger partial charge in [0.1, 0.15) is 12.3 Å². The Balaban J connectivity index is 2.39. The van der Waals surface area contributed by atoms with Gasteiger partial charge in [-0.15, -0.1) is 0 Å². The molecule has 0 atom stereocenters. The van der Waals surface area contributed by atoms with Crippen LogP contribution in [0, 0.1) is 0 Å². The summed E-state index contributed by atoms with van der Waals surface area (Å²) in [5.41, 5.74) is 8.44. The van der Waals surface area contributed by atoms with E-state index >= 15 is 0 Å². The van der Waals surface area contributed by atoms with Gasteiger partial charge in [0.05, 0.1) is 19.4 Å². The molecular weight excluding hydrogens is 394 g/mol. The molecule has 0 aliphatic rings. The lowest BCUT2D eigenvalue weighted by Gasteiger charge is -2.16. The molecule has 0 aliphatic carbocycles. The summed E-state index contributed by atoms with van der Waals surface area (Å²) in [5, 5.41) is 12.4. The molecule has 0 heterocycles. The highest BCUT2D eigenvalue weighted by molar-refractivity contribution is 5.99. The maximum Gasteiger partial charge on any atom is 0.325 e. The van der Waals surface area contributed by atoms with Crippen LogP contribution >= 0.6 is 0 Å². The summed E-state index contributed by atoms with van der Waals surface area (Å²) in [4.78, 5) is 16.1. The number of hydrogen-bond donors (Lipinski definition) is 3. The fraction of sp³-hybridized carbons (Fsp3) is 0.333. The van der Waals surface area contributed by atoms with E-state index in [-0.39, 0.29) is 12.5 Å². The molecule has 0 aromatic heterocycles. The average molecular weight is 426 g/mol. The fourth-order valence-corrected chi connectivity index (χ4v) is 3.24. The third-order valence-corrected chi connectivity index (χ3v) is 4.98. The maximum atomic E-state index is 11.7. The number of esters is 1. The SMILES string of the molecule is CCOC(=O)CN/C(C)=C(Cc1ccc(OC)c(-c2cccc(NO)c2)c1)\C(C)=N/C. The summed E-state index contributed by atoms with van der Waals surface area (Å²) in [6, 6.07) is 13.5. The minimum Gasteiger partial charge on any atom is -0.496 e. The highest BCUT2D eigenvalue weighted by atomic mass is 16.5. The predicted molar refractivity (Wildman–Crippen MR) is 124 cm³/mol. The van der Waals surface area contributed by atoms with Crippen LogP contribution in [-0.4, -0.2) is 44.2 Å². The number of methoxy groups -OCH3 is 1. The Morgan fingerprint density at radius 1 is 1.16 bits per heavy atom. The zero-order chi connectivity index (χ0) is 22.8. The van der Waals surface area contributed by atoms with Gasteiger partial charge in [0, 0.05) is 30.4 Å². The van der Waals surface area contributed by atoms with Crippen molar-refractivity contribution in [1.29, 1.82) is 0 Å². The molecule has 0 aliphatic heterocycles. The second-order valence-corrected chi connectivity index (χ2v) is 6.98. The quantitative estimate of drug-likeness (QED) is 0.300. The summed E-state index contributed by atoms with van der Waals surface area (Å²) >= 11 is 0. The first-order valence-corrected chi connectivity index (χ1v) is 10.1. The van der Waals surface area contributed by atoms with Crippen molar-refractivity contribution < 1.29 is 19.5 Å². The molecule has 0 fully saturated rings. The number of carbonyl (C=O) groups is 1. The third kappa shape index (κ3) is 6.58. The van der Waals surface area contributed by atoms with Crippen molar-refractivity contribution in [3.8, 4) is 16.9 Å². The largest absolute Gasteiger partial charge is 0.496 e. The Labute approximate surface area is 183 Å². The van der Waals surface area contributed by atoms with Gasteiger partial charge in [-0.25, -0.2) is 0 Å². The number of allylic oxidation sites excluding steroid dienone is 2. The van der Waals surface area contributed by atoms with Crippen LogP contribution in [-0.2, 0) is 16.0 Å². The van der Waals surface area contributed by atoms with Crippen LogP contribution in [0.3, 0.4) is 0 Å². The van der Waals surface area contributed by atoms with Gasteiger partial charge in [0.2, 0.25) is 0 Å². The molecule has 2 aromatic rings. The normalized spacial score (nSPS) is 12.1. The minimum atomic E-state index is -0.295. The highest BCUT2D eigenvalue weighted by Gasteiger charge is 2.13. The zero-order valence-corrected chi connectivity index (χ0v) is 18.8. The Morgan fingerprint density at radius 2 is 1.94 bits per heavy atom. The molecule has 166 valence electrons. The molecule has 3 N–H and O–H groups in total. The van der Waals surface area contributed by atoms with Gasteiger partial charge in [-0.1, -0.05) is 18.2 Å². The number of nitrogens with one attached hydrogen (secondary N) is 2. The highest BCUT2D eigenvalue weighted by Crippen LogP contribution is 2.33. The second-order valence-electron chi connectivity index (χ2n) is 6.98. The first kappa shape index (κ1) is 24.0.